The molecule has 0 fully saturated rings. The molecule has 0 saturated carbocycles. The highest BCUT2D eigenvalue weighted by molar-refractivity contribution is 5.27. The molecule has 0 saturated heterocycles. The van der Waals surface area contributed by atoms with Crippen molar-refractivity contribution in [2.75, 3.05) is 6.54 Å². The first-order valence-corrected chi connectivity index (χ1v) is 5.45. The lowest BCUT2D eigenvalue weighted by Gasteiger charge is -2.18. The molecular formula is C12H15F4N. The summed E-state index contributed by atoms with van der Waals surface area (Å²) in [6.45, 7) is 2.28. The third-order valence-corrected chi connectivity index (χ3v) is 2.39. The van der Waals surface area contributed by atoms with Gasteiger partial charge in [-0.1, -0.05) is 25.1 Å². The van der Waals surface area contributed by atoms with Gasteiger partial charge in [0, 0.05) is 5.56 Å². The van der Waals surface area contributed by atoms with E-state index in [9.17, 15) is 17.6 Å². The summed E-state index contributed by atoms with van der Waals surface area (Å²) < 4.78 is 50.5. The van der Waals surface area contributed by atoms with Gasteiger partial charge in [0.25, 0.3) is 12.9 Å². The molecule has 0 aliphatic rings. The predicted molar refractivity (Wildman–Crippen MR) is 58.4 cm³/mol. The van der Waals surface area contributed by atoms with Crippen LogP contribution < -0.4 is 5.32 Å². The quantitative estimate of drug-likeness (QED) is 0.753. The van der Waals surface area contributed by atoms with E-state index in [1.807, 2.05) is 6.92 Å². The normalized spacial score (nSPS) is 13.4. The minimum Gasteiger partial charge on any atom is -0.305 e. The highest BCUT2D eigenvalue weighted by atomic mass is 19.3. The van der Waals surface area contributed by atoms with Gasteiger partial charge in [0.15, 0.2) is 0 Å². The molecule has 1 aromatic rings. The van der Waals surface area contributed by atoms with Crippen molar-refractivity contribution in [3.63, 3.8) is 0 Å². The Hall–Kier alpha value is -1.10. The van der Waals surface area contributed by atoms with E-state index in [1.54, 1.807) is 0 Å². The highest BCUT2D eigenvalue weighted by Gasteiger charge is 2.22. The van der Waals surface area contributed by atoms with Crippen molar-refractivity contribution in [1.29, 1.82) is 0 Å². The zero-order valence-corrected chi connectivity index (χ0v) is 9.47. The van der Waals surface area contributed by atoms with Crippen molar-refractivity contribution in [3.05, 3.63) is 35.4 Å². The van der Waals surface area contributed by atoms with Gasteiger partial charge in [0.2, 0.25) is 0 Å². The SMILES string of the molecule is CCCNC(c1cccc(C(F)F)c1)C(F)F. The van der Waals surface area contributed by atoms with E-state index in [-0.39, 0.29) is 11.1 Å². The summed E-state index contributed by atoms with van der Waals surface area (Å²) in [6, 6.07) is 3.99. The van der Waals surface area contributed by atoms with E-state index >= 15 is 0 Å². The number of alkyl halides is 4. The molecule has 0 aromatic heterocycles. The van der Waals surface area contributed by atoms with Gasteiger partial charge in [0.1, 0.15) is 0 Å². The number of rotatable bonds is 6. The Bertz CT molecular complexity index is 341. The largest absolute Gasteiger partial charge is 0.305 e. The van der Waals surface area contributed by atoms with E-state index in [0.717, 1.165) is 6.07 Å². The summed E-state index contributed by atoms with van der Waals surface area (Å²) in [5, 5.41) is 2.66. The molecule has 1 nitrogen and oxygen atoms in total. The molecule has 0 bridgehead atoms. The average Bonchev–Trinajstić information content (AvgIpc) is 2.29. The van der Waals surface area contributed by atoms with Crippen molar-refractivity contribution in [2.24, 2.45) is 0 Å². The molecule has 1 unspecified atom stereocenters. The van der Waals surface area contributed by atoms with Crippen molar-refractivity contribution in [1.82, 2.24) is 5.32 Å². The van der Waals surface area contributed by atoms with Crippen molar-refractivity contribution < 1.29 is 17.6 Å². The average molecular weight is 249 g/mol. The van der Waals surface area contributed by atoms with Crippen LogP contribution >= 0.6 is 0 Å². The predicted octanol–water partition coefficient (Wildman–Crippen LogP) is 3.93. The second-order valence-electron chi connectivity index (χ2n) is 3.74. The third-order valence-electron chi connectivity index (χ3n) is 2.39. The summed E-state index contributed by atoms with van der Waals surface area (Å²) in [6.07, 6.45) is -4.55. The van der Waals surface area contributed by atoms with E-state index in [4.69, 9.17) is 0 Å². The van der Waals surface area contributed by atoms with Crippen LogP contribution in [0, 0.1) is 0 Å². The summed E-state index contributed by atoms with van der Waals surface area (Å²) in [5.74, 6) is 0. The van der Waals surface area contributed by atoms with Gasteiger partial charge in [-0.2, -0.15) is 0 Å². The zero-order valence-electron chi connectivity index (χ0n) is 9.47. The van der Waals surface area contributed by atoms with E-state index in [1.165, 1.54) is 18.2 Å². The summed E-state index contributed by atoms with van der Waals surface area (Å²) in [5.41, 5.74) is -0.0299. The molecule has 1 rings (SSSR count). The van der Waals surface area contributed by atoms with Gasteiger partial charge in [-0.3, -0.25) is 0 Å². The van der Waals surface area contributed by atoms with Crippen LogP contribution in [0.25, 0.3) is 0 Å². The maximum Gasteiger partial charge on any atom is 0.263 e. The molecule has 17 heavy (non-hydrogen) atoms. The lowest BCUT2D eigenvalue weighted by molar-refractivity contribution is 0.0980. The lowest BCUT2D eigenvalue weighted by atomic mass is 10.0. The smallest absolute Gasteiger partial charge is 0.263 e. The van der Waals surface area contributed by atoms with Gasteiger partial charge in [0.05, 0.1) is 6.04 Å². The fourth-order valence-electron chi connectivity index (χ4n) is 1.54. The standard InChI is InChI=1S/C12H15F4N/c1-2-6-17-10(12(15)16)8-4-3-5-9(7-8)11(13)14/h3-5,7,10-12,17H,2,6H2,1H3. The Morgan fingerprint density at radius 3 is 2.29 bits per heavy atom. The number of nitrogens with one attached hydrogen (secondary N) is 1. The fourth-order valence-corrected chi connectivity index (χ4v) is 1.54. The van der Waals surface area contributed by atoms with Gasteiger partial charge in [-0.15, -0.1) is 0 Å². The van der Waals surface area contributed by atoms with Crippen LogP contribution in [-0.2, 0) is 0 Å². The summed E-state index contributed by atoms with van der Waals surface area (Å²) in [4.78, 5) is 0. The zero-order chi connectivity index (χ0) is 12.8. The summed E-state index contributed by atoms with van der Waals surface area (Å²) in [7, 11) is 0. The molecule has 0 aliphatic heterocycles. The first-order chi connectivity index (χ1) is 8.06. The Labute approximate surface area is 97.8 Å². The molecule has 0 aliphatic carbocycles. The molecule has 0 amide bonds. The Morgan fingerprint density at radius 2 is 1.76 bits per heavy atom. The monoisotopic (exact) mass is 249 g/mol. The van der Waals surface area contributed by atoms with Crippen LogP contribution in [0.4, 0.5) is 17.6 Å². The van der Waals surface area contributed by atoms with Crippen molar-refractivity contribution in [3.8, 4) is 0 Å². The molecule has 5 heteroatoms. The Kier molecular flexibility index (Phi) is 5.41. The number of halogens is 4. The van der Waals surface area contributed by atoms with Crippen molar-refractivity contribution >= 4 is 0 Å². The molecular weight excluding hydrogens is 234 g/mol. The van der Waals surface area contributed by atoms with Gasteiger partial charge < -0.3 is 5.32 Å². The van der Waals surface area contributed by atoms with E-state index in [2.05, 4.69) is 5.32 Å². The first-order valence-electron chi connectivity index (χ1n) is 5.45. The summed E-state index contributed by atoms with van der Waals surface area (Å²) >= 11 is 0. The van der Waals surface area contributed by atoms with Crippen LogP contribution in [-0.4, -0.2) is 13.0 Å². The second-order valence-corrected chi connectivity index (χ2v) is 3.74. The number of hydrogen-bond donors (Lipinski definition) is 1. The van der Waals surface area contributed by atoms with E-state index in [0.29, 0.717) is 13.0 Å². The lowest BCUT2D eigenvalue weighted by Crippen LogP contribution is -2.28. The molecule has 1 atom stereocenters. The van der Waals surface area contributed by atoms with Gasteiger partial charge in [-0.05, 0) is 24.6 Å². The van der Waals surface area contributed by atoms with E-state index < -0.39 is 18.9 Å². The van der Waals surface area contributed by atoms with Gasteiger partial charge >= 0.3 is 0 Å². The van der Waals surface area contributed by atoms with Crippen LogP contribution in [0.3, 0.4) is 0 Å². The molecule has 0 heterocycles. The molecule has 1 N–H and O–H groups in total. The molecule has 0 radical (unpaired) electrons. The fraction of sp³-hybridized carbons (Fsp3) is 0.500. The number of benzene rings is 1. The maximum atomic E-state index is 12.8. The maximum absolute atomic E-state index is 12.8. The molecule has 0 spiro atoms. The minimum atomic E-state index is -2.64. The van der Waals surface area contributed by atoms with Crippen LogP contribution in [0.5, 0.6) is 0 Å². The Morgan fingerprint density at radius 1 is 1.12 bits per heavy atom. The topological polar surface area (TPSA) is 12.0 Å². The second kappa shape index (κ2) is 6.59. The molecule has 1 aromatic carbocycles. The van der Waals surface area contributed by atoms with Crippen LogP contribution in [0.1, 0.15) is 36.9 Å². The Balaban J connectivity index is 2.89. The van der Waals surface area contributed by atoms with Crippen molar-refractivity contribution in [2.45, 2.75) is 32.2 Å². The number of hydrogen-bond acceptors (Lipinski definition) is 1. The minimum absolute atomic E-state index is 0.200. The molecule has 96 valence electrons. The highest BCUT2D eigenvalue weighted by Crippen LogP contribution is 2.25. The third kappa shape index (κ3) is 4.00. The van der Waals surface area contributed by atoms with Crippen LogP contribution in [0.2, 0.25) is 0 Å². The first kappa shape index (κ1) is 14.0. The van der Waals surface area contributed by atoms with Gasteiger partial charge in [-0.25, -0.2) is 17.6 Å². The van der Waals surface area contributed by atoms with Crippen LogP contribution in [0.15, 0.2) is 24.3 Å².